The number of carboxylic acids is 4. The van der Waals surface area contributed by atoms with E-state index in [1.807, 2.05) is 0 Å². The number of nitrogens with one attached hydrogen (secondary N) is 5. The lowest BCUT2D eigenvalue weighted by molar-refractivity contribution is -0.145. The molecule has 5 heterocycles. The Hall–Kier alpha value is -9.32. The van der Waals surface area contributed by atoms with Gasteiger partial charge in [0.15, 0.2) is 0 Å². The molecule has 2 aliphatic heterocycles. The fraction of sp³-hybridized carbons (Fsp3) is 0.534. The number of halogens is 1. The summed E-state index contributed by atoms with van der Waals surface area (Å²) in [7, 11) is 0. The summed E-state index contributed by atoms with van der Waals surface area (Å²) >= 11 is 0. The van der Waals surface area contributed by atoms with Crippen molar-refractivity contribution in [1.82, 2.24) is 76.0 Å². The van der Waals surface area contributed by atoms with Crippen LogP contribution in [0, 0.1) is 17.3 Å². The molecule has 0 bridgehead atoms. The largest absolute Gasteiger partial charge is 0.494 e. The number of nitrogens with zero attached hydrogens (tertiary/aromatic N) is 11. The third-order valence-corrected chi connectivity index (χ3v) is 15.0. The molecule has 2 aliphatic rings. The molecule has 486 valence electrons. The number of unbranched alkanes of at least 4 members (excludes halogenated alkanes) is 1. The third-order valence-electron chi connectivity index (χ3n) is 15.0. The second-order valence-electron chi connectivity index (χ2n) is 21.6. The lowest BCUT2D eigenvalue weighted by Gasteiger charge is -2.35. The molecule has 0 aliphatic carbocycles. The molecular formula is C58H77FN16O15. The van der Waals surface area contributed by atoms with E-state index in [2.05, 4.69) is 52.9 Å². The van der Waals surface area contributed by atoms with Crippen molar-refractivity contribution in [2.45, 2.75) is 88.9 Å². The van der Waals surface area contributed by atoms with Gasteiger partial charge in [0, 0.05) is 128 Å². The van der Waals surface area contributed by atoms with E-state index in [0.29, 0.717) is 79.6 Å². The average Bonchev–Trinajstić information content (AvgIpc) is 1.36. The fourth-order valence-electron chi connectivity index (χ4n) is 10.2. The number of carbonyl (C=O) groups is 10. The summed E-state index contributed by atoms with van der Waals surface area (Å²) in [5.41, 5.74) is 1.43. The van der Waals surface area contributed by atoms with Gasteiger partial charge in [-0.05, 0) is 81.3 Å². The summed E-state index contributed by atoms with van der Waals surface area (Å²) in [6.45, 7) is 0.621. The number of hydrogen-bond acceptors (Lipinski definition) is 20. The molecule has 6 rings (SSSR count). The first-order valence-corrected chi connectivity index (χ1v) is 29.7. The molecule has 0 spiro atoms. The van der Waals surface area contributed by atoms with E-state index in [0.717, 1.165) is 18.7 Å². The molecule has 32 heteroatoms. The highest BCUT2D eigenvalue weighted by Crippen LogP contribution is 2.24. The zero-order chi connectivity index (χ0) is 65.0. The summed E-state index contributed by atoms with van der Waals surface area (Å²) in [6.07, 6.45) is 7.07. The number of pyridine rings is 2. The number of amides is 6. The van der Waals surface area contributed by atoms with Gasteiger partial charge in [0.2, 0.25) is 29.6 Å². The number of fused-ring (bicyclic) bond motifs is 1. The Kier molecular flexibility index (Phi) is 28.1. The second-order valence-corrected chi connectivity index (χ2v) is 21.6. The highest BCUT2D eigenvalue weighted by molar-refractivity contribution is 6.07. The van der Waals surface area contributed by atoms with Crippen LogP contribution in [0.5, 0.6) is 5.75 Å². The van der Waals surface area contributed by atoms with Crippen LogP contribution in [0.3, 0.4) is 0 Å². The molecule has 3 aromatic heterocycles. The van der Waals surface area contributed by atoms with Gasteiger partial charge in [0.25, 0.3) is 11.8 Å². The molecule has 0 radical (unpaired) electrons. The maximum atomic E-state index is 13.6. The van der Waals surface area contributed by atoms with Gasteiger partial charge in [0.1, 0.15) is 23.9 Å². The van der Waals surface area contributed by atoms with Crippen LogP contribution in [0.25, 0.3) is 10.9 Å². The van der Waals surface area contributed by atoms with Crippen molar-refractivity contribution in [2.24, 2.45) is 0 Å². The zero-order valence-corrected chi connectivity index (χ0v) is 49.8. The van der Waals surface area contributed by atoms with Crippen molar-refractivity contribution >= 4 is 70.2 Å². The van der Waals surface area contributed by atoms with Gasteiger partial charge >= 0.3 is 23.9 Å². The second kappa shape index (κ2) is 36.2. The van der Waals surface area contributed by atoms with Crippen LogP contribution >= 0.6 is 0 Å². The van der Waals surface area contributed by atoms with Crippen LogP contribution < -0.4 is 31.3 Å². The fourth-order valence-corrected chi connectivity index (χ4v) is 10.2. The number of hydrogen-bond donors (Lipinski definition) is 9. The highest BCUT2D eigenvalue weighted by Gasteiger charge is 2.31. The lowest BCUT2D eigenvalue weighted by atomic mass is 10.1. The van der Waals surface area contributed by atoms with Gasteiger partial charge in [-0.25, -0.2) is 4.98 Å². The Morgan fingerprint density at radius 3 is 2.01 bits per heavy atom. The first kappa shape index (κ1) is 69.8. The van der Waals surface area contributed by atoms with Crippen molar-refractivity contribution < 1.29 is 77.5 Å². The first-order valence-electron chi connectivity index (χ1n) is 29.7. The normalized spacial score (nSPS) is 16.1. The number of nitriles is 1. The minimum atomic E-state index is -1.27. The molecule has 0 saturated carbocycles. The van der Waals surface area contributed by atoms with Crippen molar-refractivity contribution in [2.75, 3.05) is 111 Å². The maximum Gasteiger partial charge on any atom is 0.320 e. The summed E-state index contributed by atoms with van der Waals surface area (Å²) in [6, 6.07) is 8.19. The third kappa shape index (κ3) is 23.7. The Morgan fingerprint density at radius 1 is 0.711 bits per heavy atom. The van der Waals surface area contributed by atoms with E-state index in [4.69, 9.17) is 4.74 Å². The summed E-state index contributed by atoms with van der Waals surface area (Å²) in [5, 5.41) is 70.6. The van der Waals surface area contributed by atoms with Gasteiger partial charge in [-0.15, -0.1) is 5.10 Å². The van der Waals surface area contributed by atoms with Crippen molar-refractivity contribution in [3.05, 3.63) is 77.8 Å². The highest BCUT2D eigenvalue weighted by atomic mass is 19.1. The Balaban J connectivity index is 0.912. The molecule has 2 fully saturated rings. The van der Waals surface area contributed by atoms with E-state index < -0.39 is 84.7 Å². The Labute approximate surface area is 517 Å². The van der Waals surface area contributed by atoms with Crippen LogP contribution in [0.15, 0.2) is 55.0 Å². The Morgan fingerprint density at radius 2 is 1.37 bits per heavy atom. The molecule has 90 heavy (non-hydrogen) atoms. The van der Waals surface area contributed by atoms with E-state index in [1.54, 1.807) is 54.7 Å². The molecule has 9 N–H and O–H groups in total. The van der Waals surface area contributed by atoms with E-state index in [-0.39, 0.29) is 128 Å². The van der Waals surface area contributed by atoms with Crippen molar-refractivity contribution in [3.63, 3.8) is 0 Å². The van der Waals surface area contributed by atoms with Crippen LogP contribution in [0.1, 0.15) is 84.2 Å². The smallest absolute Gasteiger partial charge is 0.320 e. The number of ether oxygens (including phenoxy) is 1. The monoisotopic (exact) mass is 1260 g/mol. The van der Waals surface area contributed by atoms with Gasteiger partial charge in [-0.1, -0.05) is 5.21 Å². The standard InChI is InChI=1S/C58H77FN16O15/c59-48-12-7-39(33-65-48)55(85)67-46(57(87)64-19-18-63-50(77)14-11-47(58(88)89)73-28-26-71(37-53(81)82)24-22-70(36-52(79)80)23-25-72(27-29-73)38-54(83)84)6-1-2-20-74-35-40(68-69-74)8-13-49(76)62-16-4-30-90-42-9-10-45-44(31-42)43(15-17-61-45)56(86)66-34-51(78)75-21-3-5-41(75)32-60/h7,9-10,12,15,17,31,33,35,41,46-47H,1-6,8,11,13-14,16,18-30,34,36-38H2,(H,62,76)(H,63,77)(H,64,87)(H,66,86)(H,67,85)(H,79,80)(H,81,82)(H,83,84)(H,88,89)/t41-,46?,47?/m0/s1. The topological polar surface area (TPSA) is 417 Å². The first-order chi connectivity index (χ1) is 43.2. The zero-order valence-electron chi connectivity index (χ0n) is 49.8. The van der Waals surface area contributed by atoms with Crippen molar-refractivity contribution in [3.8, 4) is 11.8 Å². The van der Waals surface area contributed by atoms with Gasteiger partial charge < -0.3 is 56.6 Å². The summed E-state index contributed by atoms with van der Waals surface area (Å²) in [5.74, 6) is -7.83. The minimum absolute atomic E-state index is 0.00367. The molecule has 31 nitrogen and oxygen atoms in total. The number of carbonyl (C=O) groups excluding carboxylic acids is 6. The molecule has 6 amide bonds. The van der Waals surface area contributed by atoms with Gasteiger partial charge in [-0.3, -0.25) is 77.2 Å². The molecule has 4 aromatic rings. The SMILES string of the molecule is N#C[C@@H]1CCCN1C(=O)CNC(=O)c1ccnc2ccc(OCCCNC(=O)CCc3cn(CCCCC(NC(=O)c4ccc(F)nc4)C(=O)NCCNC(=O)CCC(C(=O)O)N4CCN(CC(=O)O)CCN(CC(=O)O)CCN(CC(=O)O)CC4)nn3)cc12. The molecular weight excluding hydrogens is 1180 g/mol. The minimum Gasteiger partial charge on any atom is -0.494 e. The summed E-state index contributed by atoms with van der Waals surface area (Å²) < 4.78 is 21.1. The van der Waals surface area contributed by atoms with Crippen LogP contribution in [0.4, 0.5) is 4.39 Å². The predicted molar refractivity (Wildman–Crippen MR) is 316 cm³/mol. The number of rotatable bonds is 33. The Bertz CT molecular complexity index is 3130. The number of benzene rings is 1. The van der Waals surface area contributed by atoms with Crippen molar-refractivity contribution in [1.29, 1.82) is 5.26 Å². The van der Waals surface area contributed by atoms with E-state index in [1.165, 1.54) is 17.2 Å². The molecule has 3 atom stereocenters. The average molecular weight is 1260 g/mol. The lowest BCUT2D eigenvalue weighted by Crippen LogP contribution is -2.52. The molecule has 2 unspecified atom stereocenters. The van der Waals surface area contributed by atoms with Crippen LogP contribution in [-0.2, 0) is 51.3 Å². The van der Waals surface area contributed by atoms with Gasteiger partial charge in [-0.2, -0.15) is 9.65 Å². The number of aromatic nitrogens is 5. The van der Waals surface area contributed by atoms with Crippen LogP contribution in [0.2, 0.25) is 0 Å². The number of aliphatic carboxylic acids is 4. The van der Waals surface area contributed by atoms with Gasteiger partial charge in [0.05, 0.1) is 61.2 Å². The predicted octanol–water partition coefficient (Wildman–Crippen LogP) is -0.967. The van der Waals surface area contributed by atoms with Crippen LogP contribution in [-0.4, -0.2) is 259 Å². The molecule has 2 saturated heterocycles. The number of aryl methyl sites for hydroxylation is 2. The number of likely N-dealkylation sites (tertiary alicyclic amines) is 1. The number of carboxylic acid groups (broad SMARTS) is 4. The quantitative estimate of drug-likeness (QED) is 0.0205. The maximum absolute atomic E-state index is 13.6. The summed E-state index contributed by atoms with van der Waals surface area (Å²) in [4.78, 5) is 142. The molecule has 1 aromatic carbocycles. The van der Waals surface area contributed by atoms with E-state index >= 15 is 0 Å². The van der Waals surface area contributed by atoms with E-state index in [9.17, 15) is 78.0 Å².